The minimum absolute atomic E-state index is 0.0442. The van der Waals surface area contributed by atoms with Gasteiger partial charge in [-0.1, -0.05) is 6.07 Å². The summed E-state index contributed by atoms with van der Waals surface area (Å²) in [6.07, 6.45) is 6.66. The fourth-order valence-electron chi connectivity index (χ4n) is 3.22. The first-order valence-electron chi connectivity index (χ1n) is 8.95. The van der Waals surface area contributed by atoms with E-state index >= 15 is 0 Å². The predicted molar refractivity (Wildman–Crippen MR) is 100 cm³/mol. The molecule has 1 aliphatic rings. The second-order valence-electron chi connectivity index (χ2n) is 6.56. The van der Waals surface area contributed by atoms with E-state index in [1.165, 1.54) is 0 Å². The van der Waals surface area contributed by atoms with Crippen LogP contribution in [0, 0.1) is 0 Å². The van der Waals surface area contributed by atoms with Crippen LogP contribution in [0.4, 0.5) is 5.69 Å². The lowest BCUT2D eigenvalue weighted by Crippen LogP contribution is -2.27. The van der Waals surface area contributed by atoms with Crippen molar-refractivity contribution in [3.05, 3.63) is 60.6 Å². The van der Waals surface area contributed by atoms with Crippen molar-refractivity contribution in [2.24, 2.45) is 0 Å². The van der Waals surface area contributed by atoms with Gasteiger partial charge in [-0.25, -0.2) is 4.98 Å². The molecular formula is C20H22N4O2. The third-order valence-electron chi connectivity index (χ3n) is 4.53. The molecule has 6 heteroatoms. The summed E-state index contributed by atoms with van der Waals surface area (Å²) in [6.45, 7) is 1.41. The predicted octanol–water partition coefficient (Wildman–Crippen LogP) is 2.99. The molecule has 1 unspecified atom stereocenters. The Kier molecular flexibility index (Phi) is 4.84. The molecule has 0 bridgehead atoms. The van der Waals surface area contributed by atoms with Crippen LogP contribution in [-0.2, 0) is 11.4 Å². The minimum Gasteiger partial charge on any atom is -0.487 e. The van der Waals surface area contributed by atoms with E-state index in [9.17, 15) is 4.79 Å². The molecule has 134 valence electrons. The lowest BCUT2D eigenvalue weighted by Gasteiger charge is -2.11. The molecule has 4 rings (SSSR count). The van der Waals surface area contributed by atoms with Crippen LogP contribution in [0.5, 0.6) is 5.75 Å². The topological polar surface area (TPSA) is 67.7 Å². The maximum Gasteiger partial charge on any atom is 0.225 e. The first-order chi connectivity index (χ1) is 12.8. The molecule has 2 aromatic heterocycles. The van der Waals surface area contributed by atoms with Crippen molar-refractivity contribution in [1.82, 2.24) is 14.7 Å². The number of nitrogens with one attached hydrogen (secondary N) is 2. The van der Waals surface area contributed by atoms with Gasteiger partial charge in [0, 0.05) is 30.5 Å². The Hall–Kier alpha value is -2.86. The van der Waals surface area contributed by atoms with Gasteiger partial charge in [-0.05, 0) is 55.8 Å². The lowest BCUT2D eigenvalue weighted by atomic mass is 10.1. The van der Waals surface area contributed by atoms with Crippen LogP contribution in [0.2, 0.25) is 0 Å². The molecule has 6 nitrogen and oxygen atoms in total. The largest absolute Gasteiger partial charge is 0.487 e. The van der Waals surface area contributed by atoms with Gasteiger partial charge in [-0.3, -0.25) is 4.79 Å². The normalized spacial score (nSPS) is 16.7. The number of amides is 1. The second kappa shape index (κ2) is 7.58. The zero-order chi connectivity index (χ0) is 17.8. The van der Waals surface area contributed by atoms with Gasteiger partial charge in [0.15, 0.2) is 0 Å². The van der Waals surface area contributed by atoms with Gasteiger partial charge in [0.1, 0.15) is 18.0 Å². The van der Waals surface area contributed by atoms with Crippen LogP contribution >= 0.6 is 0 Å². The average Bonchev–Trinajstić information content (AvgIpc) is 3.30. The molecule has 2 N–H and O–H groups in total. The second-order valence-corrected chi connectivity index (χ2v) is 6.56. The number of carbonyl (C=O) groups excluding carboxylic acids is 1. The first-order valence-corrected chi connectivity index (χ1v) is 8.95. The van der Waals surface area contributed by atoms with Gasteiger partial charge in [0.2, 0.25) is 5.91 Å². The number of anilines is 1. The van der Waals surface area contributed by atoms with Gasteiger partial charge < -0.3 is 19.8 Å². The van der Waals surface area contributed by atoms with Gasteiger partial charge in [0.25, 0.3) is 0 Å². The molecule has 0 spiro atoms. The highest BCUT2D eigenvalue weighted by Crippen LogP contribution is 2.18. The summed E-state index contributed by atoms with van der Waals surface area (Å²) in [6, 6.07) is 13.6. The SMILES string of the molecule is O=C(CC1CCCN1)Nc1ccc(OCc2cn3ccccc3n2)cc1. The number of pyridine rings is 1. The van der Waals surface area contributed by atoms with Gasteiger partial charge in [-0.2, -0.15) is 0 Å². The number of imidazole rings is 1. The molecule has 1 saturated heterocycles. The van der Waals surface area contributed by atoms with Crippen LogP contribution in [0.15, 0.2) is 54.9 Å². The van der Waals surface area contributed by atoms with Crippen molar-refractivity contribution in [3.63, 3.8) is 0 Å². The standard InChI is InChI=1S/C20H22N4O2/c25-20(12-16-4-3-10-21-16)23-15-6-8-18(9-7-15)26-14-17-13-24-11-2-1-5-19(24)22-17/h1-2,5-9,11,13,16,21H,3-4,10,12,14H2,(H,23,25). The summed E-state index contributed by atoms with van der Waals surface area (Å²) in [7, 11) is 0. The van der Waals surface area contributed by atoms with Crippen LogP contribution < -0.4 is 15.4 Å². The van der Waals surface area contributed by atoms with Crippen LogP contribution in [0.3, 0.4) is 0 Å². The van der Waals surface area contributed by atoms with Crippen molar-refractivity contribution >= 4 is 17.2 Å². The van der Waals surface area contributed by atoms with Crippen molar-refractivity contribution in [2.45, 2.75) is 31.9 Å². The van der Waals surface area contributed by atoms with E-state index in [2.05, 4.69) is 15.6 Å². The lowest BCUT2D eigenvalue weighted by molar-refractivity contribution is -0.116. The highest BCUT2D eigenvalue weighted by Gasteiger charge is 2.17. The number of hydrogen-bond acceptors (Lipinski definition) is 4. The zero-order valence-corrected chi connectivity index (χ0v) is 14.5. The van der Waals surface area contributed by atoms with E-state index in [4.69, 9.17) is 4.74 Å². The number of nitrogens with zero attached hydrogens (tertiary/aromatic N) is 2. The Morgan fingerprint density at radius 2 is 2.15 bits per heavy atom. The quantitative estimate of drug-likeness (QED) is 0.717. The Balaban J connectivity index is 1.30. The van der Waals surface area contributed by atoms with Crippen molar-refractivity contribution in [3.8, 4) is 5.75 Å². The molecule has 3 aromatic rings. The third kappa shape index (κ3) is 4.03. The highest BCUT2D eigenvalue weighted by molar-refractivity contribution is 5.91. The summed E-state index contributed by atoms with van der Waals surface area (Å²) in [4.78, 5) is 16.6. The molecule has 0 saturated carbocycles. The van der Waals surface area contributed by atoms with Crippen LogP contribution in [0.25, 0.3) is 5.65 Å². The van der Waals surface area contributed by atoms with Crippen molar-refractivity contribution in [2.75, 3.05) is 11.9 Å². The molecule has 0 aliphatic carbocycles. The maximum atomic E-state index is 12.1. The molecule has 1 aliphatic heterocycles. The summed E-state index contributed by atoms with van der Waals surface area (Å²) < 4.78 is 7.76. The van der Waals surface area contributed by atoms with E-state index in [-0.39, 0.29) is 5.91 Å². The Morgan fingerprint density at radius 3 is 2.92 bits per heavy atom. The Labute approximate surface area is 152 Å². The van der Waals surface area contributed by atoms with Crippen molar-refractivity contribution < 1.29 is 9.53 Å². The summed E-state index contributed by atoms with van der Waals surface area (Å²) in [5.74, 6) is 0.792. The molecule has 3 heterocycles. The molecule has 1 fully saturated rings. The van der Waals surface area contributed by atoms with E-state index in [1.807, 2.05) is 59.3 Å². The van der Waals surface area contributed by atoms with Gasteiger partial charge in [0.05, 0.1) is 5.69 Å². The molecule has 1 atom stereocenters. The molecular weight excluding hydrogens is 328 g/mol. The minimum atomic E-state index is 0.0442. The fourth-order valence-corrected chi connectivity index (χ4v) is 3.22. The fraction of sp³-hybridized carbons (Fsp3) is 0.300. The number of hydrogen-bond donors (Lipinski definition) is 2. The van der Waals surface area contributed by atoms with Gasteiger partial charge >= 0.3 is 0 Å². The van der Waals surface area contributed by atoms with Crippen LogP contribution in [0.1, 0.15) is 25.0 Å². The number of fused-ring (bicyclic) bond motifs is 1. The molecule has 1 amide bonds. The van der Waals surface area contributed by atoms with E-state index in [0.29, 0.717) is 19.1 Å². The molecule has 1 aromatic carbocycles. The third-order valence-corrected chi connectivity index (χ3v) is 4.53. The number of carbonyl (C=O) groups is 1. The highest BCUT2D eigenvalue weighted by atomic mass is 16.5. The zero-order valence-electron chi connectivity index (χ0n) is 14.5. The van der Waals surface area contributed by atoms with Crippen molar-refractivity contribution in [1.29, 1.82) is 0 Å². The maximum absolute atomic E-state index is 12.1. The smallest absolute Gasteiger partial charge is 0.225 e. The summed E-state index contributed by atoms with van der Waals surface area (Å²) in [5, 5.41) is 6.27. The number of aromatic nitrogens is 2. The van der Waals surface area contributed by atoms with E-state index < -0.39 is 0 Å². The molecule has 26 heavy (non-hydrogen) atoms. The first kappa shape index (κ1) is 16.6. The number of ether oxygens (including phenoxy) is 1. The monoisotopic (exact) mass is 350 g/mol. The Bertz CT molecular complexity index is 849. The Morgan fingerprint density at radius 1 is 1.27 bits per heavy atom. The van der Waals surface area contributed by atoms with Crippen LogP contribution in [-0.4, -0.2) is 27.9 Å². The van der Waals surface area contributed by atoms with E-state index in [0.717, 1.165) is 42.2 Å². The average molecular weight is 350 g/mol. The summed E-state index contributed by atoms with van der Waals surface area (Å²) in [5.41, 5.74) is 2.56. The summed E-state index contributed by atoms with van der Waals surface area (Å²) >= 11 is 0. The molecule has 0 radical (unpaired) electrons. The number of rotatable bonds is 6. The van der Waals surface area contributed by atoms with E-state index in [1.54, 1.807) is 0 Å². The van der Waals surface area contributed by atoms with Gasteiger partial charge in [-0.15, -0.1) is 0 Å². The number of benzene rings is 1.